The topological polar surface area (TPSA) is 100 Å². The SMILES string of the molecule is CN1C(=O)C(c2ccnc(CF)c2)(c2ccc(F)c(-c3cc[nH]n3)c2)N=C1N. The van der Waals surface area contributed by atoms with Crippen LogP contribution in [0, 0.1) is 5.82 Å². The zero-order chi connectivity index (χ0) is 19.9. The molecule has 9 heteroatoms. The summed E-state index contributed by atoms with van der Waals surface area (Å²) in [7, 11) is 1.50. The second-order valence-electron chi connectivity index (χ2n) is 6.37. The fraction of sp³-hybridized carbons (Fsp3) is 0.158. The molecule has 1 aliphatic rings. The number of halogens is 2. The number of hydrogen-bond donors (Lipinski definition) is 2. The highest BCUT2D eigenvalue weighted by molar-refractivity contribution is 6.09. The van der Waals surface area contributed by atoms with Gasteiger partial charge in [-0.2, -0.15) is 5.10 Å². The van der Waals surface area contributed by atoms with Crippen molar-refractivity contribution < 1.29 is 13.6 Å². The molecule has 4 rings (SSSR count). The maximum Gasteiger partial charge on any atom is 0.266 e. The first-order chi connectivity index (χ1) is 13.5. The number of nitrogens with zero attached hydrogens (tertiary/aromatic N) is 4. The number of pyridine rings is 1. The molecule has 0 spiro atoms. The number of H-pyrrole nitrogens is 1. The highest BCUT2D eigenvalue weighted by Gasteiger charge is 2.50. The summed E-state index contributed by atoms with van der Waals surface area (Å²) in [6.45, 7) is -0.797. The van der Waals surface area contributed by atoms with E-state index in [1.807, 2.05) is 0 Å². The highest BCUT2D eigenvalue weighted by Crippen LogP contribution is 2.41. The van der Waals surface area contributed by atoms with Gasteiger partial charge in [-0.15, -0.1) is 0 Å². The van der Waals surface area contributed by atoms with Crippen molar-refractivity contribution in [3.8, 4) is 11.3 Å². The van der Waals surface area contributed by atoms with Crippen LogP contribution in [0.2, 0.25) is 0 Å². The number of nitrogens with two attached hydrogens (primary N) is 1. The predicted octanol–water partition coefficient (Wildman–Crippen LogP) is 2.11. The number of amides is 1. The van der Waals surface area contributed by atoms with Gasteiger partial charge in [-0.3, -0.25) is 19.8 Å². The van der Waals surface area contributed by atoms with Crippen LogP contribution < -0.4 is 5.73 Å². The van der Waals surface area contributed by atoms with Gasteiger partial charge in [0.15, 0.2) is 11.5 Å². The number of likely N-dealkylation sites (N-methyl/N-ethyl adjacent to an activating group) is 1. The van der Waals surface area contributed by atoms with Gasteiger partial charge in [-0.05, 0) is 41.5 Å². The first-order valence-electron chi connectivity index (χ1n) is 8.42. The third-order valence-electron chi connectivity index (χ3n) is 4.77. The second-order valence-corrected chi connectivity index (χ2v) is 6.37. The maximum absolute atomic E-state index is 14.4. The molecule has 142 valence electrons. The molecule has 1 aliphatic heterocycles. The van der Waals surface area contributed by atoms with E-state index in [-0.39, 0.29) is 17.2 Å². The van der Waals surface area contributed by atoms with Gasteiger partial charge < -0.3 is 5.73 Å². The molecule has 2 aromatic heterocycles. The first kappa shape index (κ1) is 17.8. The molecule has 0 aliphatic carbocycles. The second kappa shape index (κ2) is 6.52. The Kier molecular flexibility index (Phi) is 4.14. The largest absolute Gasteiger partial charge is 0.369 e. The van der Waals surface area contributed by atoms with Gasteiger partial charge in [-0.25, -0.2) is 13.8 Å². The number of benzene rings is 1. The molecule has 0 fully saturated rings. The lowest BCUT2D eigenvalue weighted by Crippen LogP contribution is -2.41. The average molecular weight is 382 g/mol. The van der Waals surface area contributed by atoms with Crippen molar-refractivity contribution in [3.63, 3.8) is 0 Å². The van der Waals surface area contributed by atoms with E-state index in [9.17, 15) is 13.6 Å². The third-order valence-corrected chi connectivity index (χ3v) is 4.77. The van der Waals surface area contributed by atoms with Crippen molar-refractivity contribution in [2.45, 2.75) is 12.2 Å². The summed E-state index contributed by atoms with van der Waals surface area (Å²) in [5.74, 6) is -0.921. The van der Waals surface area contributed by atoms with Gasteiger partial charge in [0.1, 0.15) is 12.5 Å². The Bertz CT molecular complexity index is 1080. The van der Waals surface area contributed by atoms with E-state index in [0.717, 1.165) is 0 Å². The first-order valence-corrected chi connectivity index (χ1v) is 8.42. The Balaban J connectivity index is 1.98. The van der Waals surface area contributed by atoms with Gasteiger partial charge >= 0.3 is 0 Å². The quantitative estimate of drug-likeness (QED) is 0.722. The Morgan fingerprint density at radius 1 is 1.21 bits per heavy atom. The van der Waals surface area contributed by atoms with Crippen molar-refractivity contribution in [3.05, 3.63) is 71.4 Å². The molecule has 3 N–H and O–H groups in total. The molecule has 1 aromatic carbocycles. The molecule has 0 saturated heterocycles. The van der Waals surface area contributed by atoms with E-state index in [2.05, 4.69) is 20.2 Å². The Hall–Kier alpha value is -3.62. The van der Waals surface area contributed by atoms with Crippen molar-refractivity contribution in [1.29, 1.82) is 0 Å². The molecule has 0 bridgehead atoms. The van der Waals surface area contributed by atoms with Crippen molar-refractivity contribution >= 4 is 11.9 Å². The molecular formula is C19H16F2N6O. The highest BCUT2D eigenvalue weighted by atomic mass is 19.1. The molecule has 7 nitrogen and oxygen atoms in total. The summed E-state index contributed by atoms with van der Waals surface area (Å²) < 4.78 is 27.6. The van der Waals surface area contributed by atoms with Gasteiger partial charge in [0, 0.05) is 25.0 Å². The number of rotatable bonds is 4. The molecular weight excluding hydrogens is 366 g/mol. The Morgan fingerprint density at radius 2 is 2.00 bits per heavy atom. The number of carbonyl (C=O) groups excluding carboxylic acids is 1. The summed E-state index contributed by atoms with van der Waals surface area (Å²) in [5.41, 5.74) is 5.88. The Morgan fingerprint density at radius 3 is 2.64 bits per heavy atom. The zero-order valence-electron chi connectivity index (χ0n) is 14.9. The van der Waals surface area contributed by atoms with Crippen LogP contribution in [0.5, 0.6) is 0 Å². The van der Waals surface area contributed by atoms with Gasteiger partial charge in [0.25, 0.3) is 5.91 Å². The average Bonchev–Trinajstić information content (AvgIpc) is 3.32. The van der Waals surface area contributed by atoms with Crippen LogP contribution in [0.1, 0.15) is 16.8 Å². The third kappa shape index (κ3) is 2.55. The molecule has 3 aromatic rings. The summed E-state index contributed by atoms with van der Waals surface area (Å²) >= 11 is 0. The number of guanidine groups is 1. The molecule has 1 unspecified atom stereocenters. The number of hydrogen-bond acceptors (Lipinski definition) is 5. The van der Waals surface area contributed by atoms with E-state index in [0.29, 0.717) is 16.8 Å². The lowest BCUT2D eigenvalue weighted by Gasteiger charge is -2.26. The van der Waals surface area contributed by atoms with E-state index >= 15 is 0 Å². The summed E-state index contributed by atoms with van der Waals surface area (Å²) in [6, 6.07) is 8.87. The normalized spacial score (nSPS) is 19.2. The number of nitrogens with one attached hydrogen (secondary N) is 1. The molecule has 1 amide bonds. The standard InChI is InChI=1S/C19H16F2N6O/c1-27-17(28)19(25-18(27)22,12-4-6-23-13(8-12)10-20)11-2-3-15(21)14(9-11)16-5-7-24-26-16/h2-9H,10H2,1H3,(H2,22,25)(H,24,26). The molecule has 3 heterocycles. The number of aromatic amines is 1. The van der Waals surface area contributed by atoms with Crippen LogP contribution in [0.15, 0.2) is 53.8 Å². The Labute approximate surface area is 158 Å². The monoisotopic (exact) mass is 382 g/mol. The zero-order valence-corrected chi connectivity index (χ0v) is 14.9. The van der Waals surface area contributed by atoms with Crippen LogP contribution in [0.4, 0.5) is 8.78 Å². The van der Waals surface area contributed by atoms with Crippen molar-refractivity contribution in [1.82, 2.24) is 20.1 Å². The van der Waals surface area contributed by atoms with Crippen LogP contribution in [0.3, 0.4) is 0 Å². The molecule has 1 atom stereocenters. The number of carbonyl (C=O) groups is 1. The van der Waals surface area contributed by atoms with Crippen LogP contribution >= 0.6 is 0 Å². The minimum atomic E-state index is -1.57. The van der Waals surface area contributed by atoms with E-state index in [1.165, 1.54) is 42.4 Å². The van der Waals surface area contributed by atoms with Crippen LogP contribution in [-0.4, -0.2) is 39.0 Å². The number of aliphatic imine (C=N–C) groups is 1. The summed E-state index contributed by atoms with van der Waals surface area (Å²) in [5, 5.41) is 6.64. The predicted molar refractivity (Wildman–Crippen MR) is 98.2 cm³/mol. The van der Waals surface area contributed by atoms with Crippen molar-refractivity contribution in [2.24, 2.45) is 10.7 Å². The fourth-order valence-corrected chi connectivity index (χ4v) is 3.32. The lowest BCUT2D eigenvalue weighted by molar-refractivity contribution is -0.129. The van der Waals surface area contributed by atoms with E-state index < -0.39 is 23.9 Å². The molecule has 0 radical (unpaired) electrons. The van der Waals surface area contributed by atoms with E-state index in [4.69, 9.17) is 5.73 Å². The van der Waals surface area contributed by atoms with E-state index in [1.54, 1.807) is 18.3 Å². The summed E-state index contributed by atoms with van der Waals surface area (Å²) in [4.78, 5) is 22.8. The van der Waals surface area contributed by atoms with Crippen LogP contribution in [0.25, 0.3) is 11.3 Å². The molecule has 28 heavy (non-hydrogen) atoms. The molecule has 0 saturated carbocycles. The fourth-order valence-electron chi connectivity index (χ4n) is 3.32. The maximum atomic E-state index is 14.4. The van der Waals surface area contributed by atoms with Gasteiger partial charge in [0.2, 0.25) is 0 Å². The number of alkyl halides is 1. The van der Waals surface area contributed by atoms with Gasteiger partial charge in [0.05, 0.1) is 11.4 Å². The minimum Gasteiger partial charge on any atom is -0.369 e. The lowest BCUT2D eigenvalue weighted by atomic mass is 9.82. The number of aromatic nitrogens is 3. The summed E-state index contributed by atoms with van der Waals surface area (Å²) in [6.07, 6.45) is 2.97. The van der Waals surface area contributed by atoms with Crippen LogP contribution in [-0.2, 0) is 17.0 Å². The van der Waals surface area contributed by atoms with Gasteiger partial charge in [-0.1, -0.05) is 6.07 Å². The smallest absolute Gasteiger partial charge is 0.266 e. The van der Waals surface area contributed by atoms with Crippen molar-refractivity contribution in [2.75, 3.05) is 7.05 Å². The minimum absolute atomic E-state index is 0.00857.